The molecule has 2 aromatic rings. The molecule has 7 nitrogen and oxygen atoms in total. The molecule has 3 heterocycles. The van der Waals surface area contributed by atoms with Crippen molar-refractivity contribution < 1.29 is 17.9 Å². The van der Waals surface area contributed by atoms with Gasteiger partial charge in [-0.15, -0.1) is 0 Å². The monoisotopic (exact) mass is 429 g/mol. The highest BCUT2D eigenvalue weighted by Crippen LogP contribution is 2.32. The van der Waals surface area contributed by atoms with E-state index in [4.69, 9.17) is 4.74 Å². The second kappa shape index (κ2) is 8.28. The van der Waals surface area contributed by atoms with Gasteiger partial charge in [0.15, 0.2) is 0 Å². The van der Waals surface area contributed by atoms with Gasteiger partial charge in [-0.2, -0.15) is 0 Å². The average Bonchev–Trinajstić information content (AvgIpc) is 2.72. The van der Waals surface area contributed by atoms with Gasteiger partial charge in [-0.1, -0.05) is 0 Å². The maximum Gasteiger partial charge on any atom is 0.251 e. The number of carbonyl (C=O) groups is 1. The number of sulfonamides is 1. The van der Waals surface area contributed by atoms with Crippen molar-refractivity contribution in [3.8, 4) is 11.5 Å². The molecule has 2 bridgehead atoms. The third-order valence-electron chi connectivity index (χ3n) is 5.99. The summed E-state index contributed by atoms with van der Waals surface area (Å²) in [4.78, 5) is 15.2. The topological polar surface area (TPSA) is 87.7 Å². The summed E-state index contributed by atoms with van der Waals surface area (Å²) in [6, 6.07) is 14.3. The molecule has 3 saturated heterocycles. The van der Waals surface area contributed by atoms with E-state index in [1.165, 1.54) is 0 Å². The van der Waals surface area contributed by atoms with Crippen LogP contribution in [0.5, 0.6) is 11.5 Å². The molecular weight excluding hydrogens is 402 g/mol. The second-order valence-electron chi connectivity index (χ2n) is 8.14. The highest BCUT2D eigenvalue weighted by Gasteiger charge is 2.40. The van der Waals surface area contributed by atoms with Gasteiger partial charge in [-0.3, -0.25) is 14.4 Å². The highest BCUT2D eigenvalue weighted by atomic mass is 32.2. The Bertz CT molecular complexity index is 996. The van der Waals surface area contributed by atoms with Crippen LogP contribution in [0.1, 0.15) is 30.1 Å². The number of hydrogen-bond acceptors (Lipinski definition) is 5. The van der Waals surface area contributed by atoms with Crippen molar-refractivity contribution in [2.45, 2.75) is 31.8 Å². The first-order chi connectivity index (χ1) is 14.3. The molecule has 8 heteroatoms. The van der Waals surface area contributed by atoms with E-state index in [0.717, 1.165) is 32.2 Å². The number of amides is 1. The van der Waals surface area contributed by atoms with Gasteiger partial charge in [0, 0.05) is 23.3 Å². The molecular formula is C22H27N3O4S. The molecule has 2 aromatic carbocycles. The number of fused-ring (bicyclic) bond motifs is 3. The van der Waals surface area contributed by atoms with Gasteiger partial charge >= 0.3 is 0 Å². The van der Waals surface area contributed by atoms with Crippen molar-refractivity contribution in [1.82, 2.24) is 10.2 Å². The van der Waals surface area contributed by atoms with Crippen LogP contribution < -0.4 is 14.8 Å². The standard InChI is InChI=1S/C22H27N3O4S/c1-15-21(16-11-13-25(15)14-12-16)23-22(26)17-3-7-19(8-4-17)29-20-9-5-18(6-10-20)24-30(2,27)28/h3-10,15-16,21,24H,11-14H2,1-2H3,(H,23,26)/t15-,21-/m0/s1. The smallest absolute Gasteiger partial charge is 0.251 e. The lowest BCUT2D eigenvalue weighted by Crippen LogP contribution is -2.62. The number of rotatable bonds is 6. The largest absolute Gasteiger partial charge is 0.457 e. The Morgan fingerprint density at radius 3 is 2.10 bits per heavy atom. The van der Waals surface area contributed by atoms with Crippen molar-refractivity contribution in [3.63, 3.8) is 0 Å². The molecule has 30 heavy (non-hydrogen) atoms. The third-order valence-corrected chi connectivity index (χ3v) is 6.59. The quantitative estimate of drug-likeness (QED) is 0.737. The van der Waals surface area contributed by atoms with E-state index in [1.54, 1.807) is 48.5 Å². The summed E-state index contributed by atoms with van der Waals surface area (Å²) in [5.74, 6) is 1.69. The van der Waals surface area contributed by atoms with Crippen molar-refractivity contribution in [1.29, 1.82) is 0 Å². The van der Waals surface area contributed by atoms with Gasteiger partial charge in [0.05, 0.1) is 6.26 Å². The molecule has 1 amide bonds. The van der Waals surface area contributed by atoms with Gasteiger partial charge in [-0.05, 0) is 87.3 Å². The Morgan fingerprint density at radius 1 is 1.00 bits per heavy atom. The fraction of sp³-hybridized carbons (Fsp3) is 0.409. The Hall–Kier alpha value is -2.58. The van der Waals surface area contributed by atoms with Crippen molar-refractivity contribution in [2.24, 2.45) is 5.92 Å². The molecule has 3 aliphatic rings. The maximum atomic E-state index is 12.7. The summed E-state index contributed by atoms with van der Waals surface area (Å²) < 4.78 is 30.7. The maximum absolute atomic E-state index is 12.7. The van der Waals surface area contributed by atoms with Gasteiger partial charge in [0.2, 0.25) is 10.0 Å². The van der Waals surface area contributed by atoms with E-state index in [9.17, 15) is 13.2 Å². The number of carbonyl (C=O) groups excluding carboxylic acids is 1. The zero-order valence-corrected chi connectivity index (χ0v) is 18.0. The minimum absolute atomic E-state index is 0.0525. The molecule has 0 saturated carbocycles. The van der Waals surface area contributed by atoms with Crippen LogP contribution in [0.3, 0.4) is 0 Å². The molecule has 3 aliphatic heterocycles. The summed E-state index contributed by atoms with van der Waals surface area (Å²) in [5.41, 5.74) is 1.08. The SMILES string of the molecule is C[C@H]1[C@H](NC(=O)c2ccc(Oc3ccc(NS(C)(=O)=O)cc3)cc2)C2CCN1CC2. The molecule has 5 rings (SSSR count). The second-order valence-corrected chi connectivity index (χ2v) is 9.89. The number of hydrogen-bond donors (Lipinski definition) is 2. The lowest BCUT2D eigenvalue weighted by Gasteiger charge is -2.49. The summed E-state index contributed by atoms with van der Waals surface area (Å²) in [5, 5.41) is 3.23. The highest BCUT2D eigenvalue weighted by molar-refractivity contribution is 7.92. The van der Waals surface area contributed by atoms with E-state index in [2.05, 4.69) is 21.9 Å². The molecule has 0 aliphatic carbocycles. The average molecular weight is 430 g/mol. The van der Waals surface area contributed by atoms with Crippen LogP contribution in [-0.4, -0.2) is 50.7 Å². The zero-order valence-electron chi connectivity index (χ0n) is 17.2. The fourth-order valence-electron chi connectivity index (χ4n) is 4.40. The van der Waals surface area contributed by atoms with Crippen molar-refractivity contribution in [3.05, 3.63) is 54.1 Å². The zero-order chi connectivity index (χ0) is 21.3. The number of ether oxygens (including phenoxy) is 1. The number of nitrogens with one attached hydrogen (secondary N) is 2. The van der Waals surface area contributed by atoms with Crippen LogP contribution in [0.2, 0.25) is 0 Å². The van der Waals surface area contributed by atoms with E-state index >= 15 is 0 Å². The van der Waals surface area contributed by atoms with Crippen LogP contribution >= 0.6 is 0 Å². The molecule has 2 atom stereocenters. The predicted octanol–water partition coefficient (Wildman–Crippen LogP) is 3.06. The Morgan fingerprint density at radius 2 is 1.57 bits per heavy atom. The van der Waals surface area contributed by atoms with Crippen molar-refractivity contribution in [2.75, 3.05) is 24.1 Å². The van der Waals surface area contributed by atoms with E-state index in [-0.39, 0.29) is 11.9 Å². The molecule has 0 unspecified atom stereocenters. The first kappa shape index (κ1) is 20.7. The Kier molecular flexibility index (Phi) is 5.71. The minimum atomic E-state index is -3.31. The summed E-state index contributed by atoms with van der Waals surface area (Å²) in [6.45, 7) is 4.47. The molecule has 2 N–H and O–H groups in total. The third kappa shape index (κ3) is 4.76. The number of piperidine rings is 3. The van der Waals surface area contributed by atoms with E-state index in [1.807, 2.05) is 0 Å². The van der Waals surface area contributed by atoms with Crippen LogP contribution in [0, 0.1) is 5.92 Å². The summed E-state index contributed by atoms with van der Waals surface area (Å²) in [6.07, 6.45) is 3.41. The van der Waals surface area contributed by atoms with Gasteiger partial charge in [-0.25, -0.2) is 8.42 Å². The van der Waals surface area contributed by atoms with Gasteiger partial charge < -0.3 is 10.1 Å². The fourth-order valence-corrected chi connectivity index (χ4v) is 4.96. The Labute approximate surface area is 177 Å². The summed E-state index contributed by atoms with van der Waals surface area (Å²) >= 11 is 0. The molecule has 0 spiro atoms. The predicted molar refractivity (Wildman–Crippen MR) is 116 cm³/mol. The number of anilines is 1. The first-order valence-electron chi connectivity index (χ1n) is 10.2. The van der Waals surface area contributed by atoms with E-state index in [0.29, 0.717) is 34.7 Å². The summed E-state index contributed by atoms with van der Waals surface area (Å²) in [7, 11) is -3.31. The van der Waals surface area contributed by atoms with Crippen molar-refractivity contribution >= 4 is 21.6 Å². The molecule has 160 valence electrons. The normalized spacial score (nSPS) is 25.5. The number of nitrogens with zero attached hydrogens (tertiary/aromatic N) is 1. The Balaban J connectivity index is 1.36. The minimum Gasteiger partial charge on any atom is -0.457 e. The van der Waals surface area contributed by atoms with Gasteiger partial charge in [0.1, 0.15) is 11.5 Å². The number of benzene rings is 2. The van der Waals surface area contributed by atoms with Crippen LogP contribution in [0.4, 0.5) is 5.69 Å². The molecule has 0 aromatic heterocycles. The van der Waals surface area contributed by atoms with Crippen LogP contribution in [-0.2, 0) is 10.0 Å². The first-order valence-corrected chi connectivity index (χ1v) is 12.1. The van der Waals surface area contributed by atoms with Gasteiger partial charge in [0.25, 0.3) is 5.91 Å². The molecule has 0 radical (unpaired) electrons. The lowest BCUT2D eigenvalue weighted by atomic mass is 9.79. The lowest BCUT2D eigenvalue weighted by molar-refractivity contribution is 0.0217. The van der Waals surface area contributed by atoms with Crippen LogP contribution in [0.15, 0.2) is 48.5 Å². The molecule has 3 fully saturated rings. The van der Waals surface area contributed by atoms with Crippen LogP contribution in [0.25, 0.3) is 0 Å². The van der Waals surface area contributed by atoms with E-state index < -0.39 is 10.0 Å².